The summed E-state index contributed by atoms with van der Waals surface area (Å²) in [4.78, 5) is 24.0. The van der Waals surface area contributed by atoms with Gasteiger partial charge in [-0.15, -0.1) is 0 Å². The van der Waals surface area contributed by atoms with Crippen molar-refractivity contribution in [2.45, 2.75) is 18.2 Å². The van der Waals surface area contributed by atoms with E-state index in [9.17, 15) is 22.4 Å². The maximum Gasteiger partial charge on any atom is 0.269 e. The van der Waals surface area contributed by atoms with E-state index >= 15 is 0 Å². The largest absolute Gasteiger partial charge is 0.273 e. The van der Waals surface area contributed by atoms with Gasteiger partial charge in [0.1, 0.15) is 5.82 Å². The van der Waals surface area contributed by atoms with Crippen molar-refractivity contribution in [3.8, 4) is 0 Å². The first kappa shape index (κ1) is 18.6. The third kappa shape index (κ3) is 5.12. The molecule has 8 heteroatoms. The number of carbonyl (C=O) groups is 2. The van der Waals surface area contributed by atoms with Gasteiger partial charge in [-0.05, 0) is 42.3 Å². The van der Waals surface area contributed by atoms with Crippen LogP contribution in [-0.4, -0.2) is 26.5 Å². The number of halogens is 1. The molecule has 0 aromatic heterocycles. The molecule has 0 saturated carbocycles. The lowest BCUT2D eigenvalue weighted by atomic mass is 10.1. The highest BCUT2D eigenvalue weighted by Gasteiger charge is 2.15. The summed E-state index contributed by atoms with van der Waals surface area (Å²) in [5.41, 5.74) is 5.79. The molecule has 132 valence electrons. The molecule has 0 atom stereocenters. The van der Waals surface area contributed by atoms with Crippen LogP contribution in [0.15, 0.2) is 47.4 Å². The highest BCUT2D eigenvalue weighted by Crippen LogP contribution is 2.15. The van der Waals surface area contributed by atoms with Crippen molar-refractivity contribution in [2.24, 2.45) is 0 Å². The molecular weight excluding hydrogens is 347 g/mol. The molecule has 25 heavy (non-hydrogen) atoms. The number of nitrogens with one attached hydrogen (secondary N) is 2. The Bertz CT molecular complexity index is 909. The summed E-state index contributed by atoms with van der Waals surface area (Å²) in [5, 5.41) is 0. The first-order chi connectivity index (χ1) is 11.7. The van der Waals surface area contributed by atoms with Gasteiger partial charge in [-0.25, -0.2) is 12.8 Å². The zero-order valence-corrected chi connectivity index (χ0v) is 14.5. The summed E-state index contributed by atoms with van der Waals surface area (Å²) in [6.45, 7) is 1.65. The van der Waals surface area contributed by atoms with E-state index in [2.05, 4.69) is 10.9 Å². The SMILES string of the molecule is Cc1ccc(S(C)(=O)=O)cc1C(=O)NNC(=O)Cc1ccc(F)cc1. The average molecular weight is 364 g/mol. The number of hydrogen-bond acceptors (Lipinski definition) is 4. The van der Waals surface area contributed by atoms with E-state index in [1.165, 1.54) is 42.5 Å². The molecule has 2 N–H and O–H groups in total. The number of carbonyl (C=O) groups excluding carboxylic acids is 2. The van der Waals surface area contributed by atoms with Crippen LogP contribution < -0.4 is 10.9 Å². The van der Waals surface area contributed by atoms with Gasteiger partial charge in [0.05, 0.1) is 11.3 Å². The van der Waals surface area contributed by atoms with E-state index < -0.39 is 27.5 Å². The number of amides is 2. The van der Waals surface area contributed by atoms with Crippen LogP contribution >= 0.6 is 0 Å². The molecule has 0 saturated heterocycles. The molecule has 0 aliphatic rings. The maximum atomic E-state index is 12.8. The minimum atomic E-state index is -3.45. The highest BCUT2D eigenvalue weighted by atomic mass is 32.2. The summed E-state index contributed by atoms with van der Waals surface area (Å²) >= 11 is 0. The third-order valence-electron chi connectivity index (χ3n) is 3.48. The van der Waals surface area contributed by atoms with Crippen LogP contribution in [0.3, 0.4) is 0 Å². The summed E-state index contributed by atoms with van der Waals surface area (Å²) in [5.74, 6) is -1.52. The van der Waals surface area contributed by atoms with Crippen molar-refractivity contribution in [2.75, 3.05) is 6.26 Å². The summed E-state index contributed by atoms with van der Waals surface area (Å²) in [6.07, 6.45) is 1.01. The molecule has 0 aliphatic carbocycles. The Morgan fingerprint density at radius 2 is 1.68 bits per heavy atom. The van der Waals surface area contributed by atoms with E-state index in [1.54, 1.807) is 6.92 Å². The second kappa shape index (κ2) is 7.43. The van der Waals surface area contributed by atoms with Gasteiger partial charge < -0.3 is 0 Å². The van der Waals surface area contributed by atoms with E-state index in [0.29, 0.717) is 11.1 Å². The molecule has 2 aromatic carbocycles. The average Bonchev–Trinajstić information content (AvgIpc) is 2.54. The quantitative estimate of drug-likeness (QED) is 0.805. The lowest BCUT2D eigenvalue weighted by molar-refractivity contribution is -0.121. The van der Waals surface area contributed by atoms with E-state index in [1.807, 2.05) is 0 Å². The first-order valence-corrected chi connectivity index (χ1v) is 9.20. The fourth-order valence-corrected chi connectivity index (χ4v) is 2.75. The Hall–Kier alpha value is -2.74. The number of hydrazine groups is 1. The Labute approximate surface area is 144 Å². The second-order valence-electron chi connectivity index (χ2n) is 5.55. The van der Waals surface area contributed by atoms with Gasteiger partial charge in [-0.1, -0.05) is 18.2 Å². The molecule has 6 nitrogen and oxygen atoms in total. The van der Waals surface area contributed by atoms with Crippen molar-refractivity contribution < 1.29 is 22.4 Å². The second-order valence-corrected chi connectivity index (χ2v) is 7.57. The molecule has 0 bridgehead atoms. The minimum absolute atomic E-state index is 0.0147. The van der Waals surface area contributed by atoms with Crippen molar-refractivity contribution in [3.63, 3.8) is 0 Å². The normalized spacial score (nSPS) is 11.0. The molecule has 0 fully saturated rings. The van der Waals surface area contributed by atoms with Crippen LogP contribution in [0.4, 0.5) is 4.39 Å². The number of benzene rings is 2. The van der Waals surface area contributed by atoms with Gasteiger partial charge in [0.15, 0.2) is 9.84 Å². The molecule has 0 unspecified atom stereocenters. The molecule has 0 radical (unpaired) electrons. The Morgan fingerprint density at radius 1 is 1.04 bits per heavy atom. The summed E-state index contributed by atoms with van der Waals surface area (Å²) < 4.78 is 36.0. The maximum absolute atomic E-state index is 12.8. The Kier molecular flexibility index (Phi) is 5.53. The smallest absolute Gasteiger partial charge is 0.269 e. The minimum Gasteiger partial charge on any atom is -0.273 e. The van der Waals surface area contributed by atoms with E-state index in [4.69, 9.17) is 0 Å². The van der Waals surface area contributed by atoms with Crippen molar-refractivity contribution in [1.29, 1.82) is 0 Å². The molecule has 2 aromatic rings. The number of hydrogen-bond donors (Lipinski definition) is 2. The Balaban J connectivity index is 2.02. The van der Waals surface area contributed by atoms with Crippen molar-refractivity contribution in [3.05, 3.63) is 65.0 Å². The van der Waals surface area contributed by atoms with Gasteiger partial charge in [0.2, 0.25) is 5.91 Å². The van der Waals surface area contributed by atoms with E-state index in [-0.39, 0.29) is 16.9 Å². The van der Waals surface area contributed by atoms with Gasteiger partial charge in [0.25, 0.3) is 5.91 Å². The van der Waals surface area contributed by atoms with Gasteiger partial charge in [-0.3, -0.25) is 20.4 Å². The van der Waals surface area contributed by atoms with Crippen LogP contribution in [-0.2, 0) is 21.1 Å². The first-order valence-electron chi connectivity index (χ1n) is 7.31. The standard InChI is InChI=1S/C17H17FN2O4S/c1-11-3-8-14(25(2,23)24)10-15(11)17(22)20-19-16(21)9-12-4-6-13(18)7-5-12/h3-8,10H,9H2,1-2H3,(H,19,21)(H,20,22). The van der Waals surface area contributed by atoms with E-state index in [0.717, 1.165) is 6.26 Å². The van der Waals surface area contributed by atoms with Crippen LogP contribution in [0.1, 0.15) is 21.5 Å². The molecule has 0 spiro atoms. The molecule has 0 aliphatic heterocycles. The van der Waals surface area contributed by atoms with Crippen molar-refractivity contribution >= 4 is 21.7 Å². The van der Waals surface area contributed by atoms with Crippen LogP contribution in [0.25, 0.3) is 0 Å². The van der Waals surface area contributed by atoms with Crippen LogP contribution in [0, 0.1) is 12.7 Å². The molecule has 2 rings (SSSR count). The fourth-order valence-electron chi connectivity index (χ4n) is 2.10. The van der Waals surface area contributed by atoms with Gasteiger partial charge in [-0.2, -0.15) is 0 Å². The molecular formula is C17H17FN2O4S. The molecule has 2 amide bonds. The van der Waals surface area contributed by atoms with Crippen molar-refractivity contribution in [1.82, 2.24) is 10.9 Å². The predicted octanol–water partition coefficient (Wildman–Crippen LogP) is 1.54. The van der Waals surface area contributed by atoms with Gasteiger partial charge in [0, 0.05) is 11.8 Å². The zero-order valence-electron chi connectivity index (χ0n) is 13.7. The number of rotatable bonds is 4. The predicted molar refractivity (Wildman–Crippen MR) is 90.0 cm³/mol. The number of aryl methyl sites for hydroxylation is 1. The molecule has 0 heterocycles. The number of sulfone groups is 1. The topological polar surface area (TPSA) is 92.3 Å². The van der Waals surface area contributed by atoms with Crippen LogP contribution in [0.5, 0.6) is 0 Å². The van der Waals surface area contributed by atoms with Gasteiger partial charge >= 0.3 is 0 Å². The third-order valence-corrected chi connectivity index (χ3v) is 4.59. The van der Waals surface area contributed by atoms with Crippen LogP contribution in [0.2, 0.25) is 0 Å². The Morgan fingerprint density at radius 3 is 2.28 bits per heavy atom. The summed E-state index contributed by atoms with van der Waals surface area (Å²) in [7, 11) is -3.45. The fraction of sp³-hybridized carbons (Fsp3) is 0.176. The monoisotopic (exact) mass is 364 g/mol. The zero-order chi connectivity index (χ0) is 18.6. The lowest BCUT2D eigenvalue weighted by Crippen LogP contribution is -2.42. The summed E-state index contributed by atoms with van der Waals surface area (Å²) in [6, 6.07) is 9.60. The lowest BCUT2D eigenvalue weighted by Gasteiger charge is -2.10. The highest BCUT2D eigenvalue weighted by molar-refractivity contribution is 7.90.